The van der Waals surface area contributed by atoms with Crippen molar-refractivity contribution < 1.29 is 14.7 Å². The predicted molar refractivity (Wildman–Crippen MR) is 60.3 cm³/mol. The highest BCUT2D eigenvalue weighted by Crippen LogP contribution is 2.20. The molecule has 0 bridgehead atoms. The van der Waals surface area contributed by atoms with Crippen LogP contribution in [-0.4, -0.2) is 16.3 Å². The molecule has 3 nitrogen and oxygen atoms in total. The highest BCUT2D eigenvalue weighted by molar-refractivity contribution is 9.10. The van der Waals surface area contributed by atoms with Crippen LogP contribution in [0.3, 0.4) is 0 Å². The first-order valence-electron chi connectivity index (χ1n) is 4.20. The Morgan fingerprint density at radius 2 is 2.07 bits per heavy atom. The number of carboxylic acid groups (broad SMARTS) is 1. The molecule has 0 saturated carbocycles. The maximum absolute atomic E-state index is 11.0. The first kappa shape index (κ1) is 12.2. The molecule has 0 fully saturated rings. The van der Waals surface area contributed by atoms with Crippen molar-refractivity contribution in [3.8, 4) is 0 Å². The Bertz CT molecular complexity index is 404. The fraction of sp³-hybridized carbons (Fsp3) is 0.200. The van der Waals surface area contributed by atoms with Gasteiger partial charge in [-0.05, 0) is 51.6 Å². The number of halogens is 2. The SMILES string of the molecule is O=C(O)CCc1ccc(Br)c(C(=O)Cl)c1. The van der Waals surface area contributed by atoms with Crippen molar-refractivity contribution >= 4 is 38.7 Å². The molecule has 0 spiro atoms. The smallest absolute Gasteiger partial charge is 0.303 e. The molecule has 0 aliphatic rings. The Hall–Kier alpha value is -0.870. The number of hydrogen-bond acceptors (Lipinski definition) is 2. The Morgan fingerprint density at radius 3 is 2.60 bits per heavy atom. The number of carboxylic acids is 1. The van der Waals surface area contributed by atoms with Crippen LogP contribution in [0.2, 0.25) is 0 Å². The van der Waals surface area contributed by atoms with Gasteiger partial charge < -0.3 is 5.11 Å². The third kappa shape index (κ3) is 3.64. The molecule has 0 radical (unpaired) electrons. The van der Waals surface area contributed by atoms with E-state index in [0.29, 0.717) is 16.5 Å². The molecule has 0 atom stereocenters. The first-order chi connectivity index (χ1) is 7.00. The molecule has 80 valence electrons. The molecule has 0 saturated heterocycles. The van der Waals surface area contributed by atoms with Gasteiger partial charge >= 0.3 is 5.97 Å². The van der Waals surface area contributed by atoms with Gasteiger partial charge in [0.05, 0.1) is 0 Å². The fourth-order valence-electron chi connectivity index (χ4n) is 1.13. The summed E-state index contributed by atoms with van der Waals surface area (Å²) in [5, 5.41) is 7.95. The second-order valence-electron chi connectivity index (χ2n) is 2.98. The van der Waals surface area contributed by atoms with Crippen LogP contribution in [0.25, 0.3) is 0 Å². The van der Waals surface area contributed by atoms with E-state index in [9.17, 15) is 9.59 Å². The largest absolute Gasteiger partial charge is 0.481 e. The molecule has 0 aliphatic heterocycles. The fourth-order valence-corrected chi connectivity index (χ4v) is 1.83. The first-order valence-corrected chi connectivity index (χ1v) is 5.38. The van der Waals surface area contributed by atoms with E-state index in [2.05, 4.69) is 15.9 Å². The topological polar surface area (TPSA) is 54.4 Å². The molecular formula is C10H8BrClO3. The van der Waals surface area contributed by atoms with Crippen LogP contribution in [0, 0.1) is 0 Å². The summed E-state index contributed by atoms with van der Waals surface area (Å²) in [7, 11) is 0. The van der Waals surface area contributed by atoms with Gasteiger partial charge in [-0.3, -0.25) is 9.59 Å². The third-order valence-electron chi connectivity index (χ3n) is 1.87. The van der Waals surface area contributed by atoms with Crippen LogP contribution >= 0.6 is 27.5 Å². The number of aliphatic carboxylic acids is 1. The van der Waals surface area contributed by atoms with E-state index >= 15 is 0 Å². The van der Waals surface area contributed by atoms with Crippen molar-refractivity contribution in [3.63, 3.8) is 0 Å². The monoisotopic (exact) mass is 290 g/mol. The van der Waals surface area contributed by atoms with Gasteiger partial charge in [-0.1, -0.05) is 6.07 Å². The summed E-state index contributed by atoms with van der Waals surface area (Å²) in [4.78, 5) is 21.3. The molecule has 15 heavy (non-hydrogen) atoms. The van der Waals surface area contributed by atoms with Crippen LogP contribution in [-0.2, 0) is 11.2 Å². The summed E-state index contributed by atoms with van der Waals surface area (Å²) in [6, 6.07) is 5.05. The summed E-state index contributed by atoms with van der Waals surface area (Å²) < 4.78 is 0.613. The highest BCUT2D eigenvalue weighted by Gasteiger charge is 2.08. The maximum atomic E-state index is 11.0. The van der Waals surface area contributed by atoms with Crippen LogP contribution in [0.4, 0.5) is 0 Å². The third-order valence-corrected chi connectivity index (χ3v) is 2.77. The molecule has 1 rings (SSSR count). The number of carbonyl (C=O) groups is 2. The van der Waals surface area contributed by atoms with Crippen molar-refractivity contribution in [1.82, 2.24) is 0 Å². The molecule has 0 unspecified atom stereocenters. The van der Waals surface area contributed by atoms with Gasteiger partial charge in [0, 0.05) is 16.5 Å². The maximum Gasteiger partial charge on any atom is 0.303 e. The van der Waals surface area contributed by atoms with Crippen molar-refractivity contribution in [2.45, 2.75) is 12.8 Å². The van der Waals surface area contributed by atoms with Crippen molar-refractivity contribution in [2.75, 3.05) is 0 Å². The molecule has 1 aromatic carbocycles. The standard InChI is InChI=1S/C10H8BrClO3/c11-8-3-1-6(2-4-9(13)14)5-7(8)10(12)15/h1,3,5H,2,4H2,(H,13,14). The minimum absolute atomic E-state index is 0.0392. The Balaban J connectivity index is 2.87. The lowest BCUT2D eigenvalue weighted by Crippen LogP contribution is -1.99. The van der Waals surface area contributed by atoms with Gasteiger partial charge in [-0.15, -0.1) is 0 Å². The summed E-state index contributed by atoms with van der Waals surface area (Å²) in [6.45, 7) is 0. The van der Waals surface area contributed by atoms with Gasteiger partial charge in [0.15, 0.2) is 0 Å². The minimum atomic E-state index is -0.864. The molecule has 0 aromatic heterocycles. The van der Waals surface area contributed by atoms with Crippen molar-refractivity contribution in [2.24, 2.45) is 0 Å². The second-order valence-corrected chi connectivity index (χ2v) is 4.18. The number of carbonyl (C=O) groups excluding carboxylic acids is 1. The van der Waals surface area contributed by atoms with E-state index in [4.69, 9.17) is 16.7 Å². The van der Waals surface area contributed by atoms with Gasteiger partial charge in [0.25, 0.3) is 5.24 Å². The number of aryl methyl sites for hydroxylation is 1. The minimum Gasteiger partial charge on any atom is -0.481 e. The predicted octanol–water partition coefficient (Wildman–Crippen LogP) is 2.85. The molecule has 0 heterocycles. The quantitative estimate of drug-likeness (QED) is 0.868. The van der Waals surface area contributed by atoms with Gasteiger partial charge in [-0.25, -0.2) is 0 Å². The lowest BCUT2D eigenvalue weighted by atomic mass is 10.1. The van der Waals surface area contributed by atoms with E-state index in [0.717, 1.165) is 5.56 Å². The summed E-state index contributed by atoms with van der Waals surface area (Å²) in [6.07, 6.45) is 0.428. The lowest BCUT2D eigenvalue weighted by Gasteiger charge is -2.03. The van der Waals surface area contributed by atoms with E-state index in [1.165, 1.54) is 0 Å². The molecular weight excluding hydrogens is 283 g/mol. The summed E-state index contributed by atoms with van der Waals surface area (Å²) in [5.74, 6) is -0.864. The Kier molecular flexibility index (Phi) is 4.29. The molecule has 1 N–H and O–H groups in total. The van der Waals surface area contributed by atoms with Crippen LogP contribution in [0.5, 0.6) is 0 Å². The number of benzene rings is 1. The zero-order valence-electron chi connectivity index (χ0n) is 7.67. The van der Waals surface area contributed by atoms with Crippen molar-refractivity contribution in [1.29, 1.82) is 0 Å². The van der Waals surface area contributed by atoms with E-state index in [1.807, 2.05) is 0 Å². The Morgan fingerprint density at radius 1 is 1.40 bits per heavy atom. The zero-order valence-corrected chi connectivity index (χ0v) is 10.0. The number of hydrogen-bond donors (Lipinski definition) is 1. The van der Waals surface area contributed by atoms with Crippen molar-refractivity contribution in [3.05, 3.63) is 33.8 Å². The van der Waals surface area contributed by atoms with E-state index < -0.39 is 11.2 Å². The average Bonchev–Trinajstić information content (AvgIpc) is 2.16. The van der Waals surface area contributed by atoms with Gasteiger partial charge in [0.1, 0.15) is 0 Å². The lowest BCUT2D eigenvalue weighted by molar-refractivity contribution is -0.136. The molecule has 0 amide bonds. The summed E-state index contributed by atoms with van der Waals surface area (Å²) >= 11 is 8.55. The molecule has 0 aliphatic carbocycles. The van der Waals surface area contributed by atoms with Gasteiger partial charge in [-0.2, -0.15) is 0 Å². The van der Waals surface area contributed by atoms with Crippen LogP contribution in [0.15, 0.2) is 22.7 Å². The molecule has 1 aromatic rings. The Labute approximate surface area is 100 Å². The number of rotatable bonds is 4. The normalized spacial score (nSPS) is 10.0. The average molecular weight is 292 g/mol. The zero-order chi connectivity index (χ0) is 11.4. The van der Waals surface area contributed by atoms with Crippen LogP contribution in [0.1, 0.15) is 22.3 Å². The second kappa shape index (κ2) is 5.28. The van der Waals surface area contributed by atoms with E-state index in [1.54, 1.807) is 18.2 Å². The molecule has 5 heteroatoms. The summed E-state index contributed by atoms with van der Waals surface area (Å²) in [5.41, 5.74) is 1.14. The van der Waals surface area contributed by atoms with E-state index in [-0.39, 0.29) is 6.42 Å². The van der Waals surface area contributed by atoms with Gasteiger partial charge in [0.2, 0.25) is 0 Å². The van der Waals surface area contributed by atoms with Crippen LogP contribution < -0.4 is 0 Å². The highest BCUT2D eigenvalue weighted by atomic mass is 79.9.